The van der Waals surface area contributed by atoms with Gasteiger partial charge < -0.3 is 5.73 Å². The predicted molar refractivity (Wildman–Crippen MR) is 89.4 cm³/mol. The molecule has 0 amide bonds. The van der Waals surface area contributed by atoms with E-state index in [0.29, 0.717) is 22.1 Å². The number of benzene rings is 2. The van der Waals surface area contributed by atoms with Crippen LogP contribution < -0.4 is 5.73 Å². The van der Waals surface area contributed by atoms with Crippen LogP contribution in [0.5, 0.6) is 0 Å². The fourth-order valence-corrected chi connectivity index (χ4v) is 2.86. The van der Waals surface area contributed by atoms with Crippen molar-refractivity contribution in [2.75, 3.05) is 5.73 Å². The molecule has 0 spiro atoms. The van der Waals surface area contributed by atoms with E-state index in [1.165, 1.54) is 0 Å². The van der Waals surface area contributed by atoms with Crippen LogP contribution in [0.2, 0.25) is 5.02 Å². The van der Waals surface area contributed by atoms with Gasteiger partial charge in [0, 0.05) is 14.5 Å². The zero-order chi connectivity index (χ0) is 15.0. The molecule has 5 nitrogen and oxygen atoms in total. The molecule has 0 unspecified atom stereocenters. The number of halogens is 3. The number of nitrogen functional groups attached to an aromatic ring is 1. The molecule has 0 bridgehead atoms. The van der Waals surface area contributed by atoms with Gasteiger partial charge in [0.2, 0.25) is 0 Å². The van der Waals surface area contributed by atoms with Gasteiger partial charge in [0.25, 0.3) is 0 Å². The summed E-state index contributed by atoms with van der Waals surface area (Å²) in [7, 11) is 0. The summed E-state index contributed by atoms with van der Waals surface area (Å²) in [5.41, 5.74) is 7.80. The summed E-state index contributed by atoms with van der Waals surface area (Å²) in [5, 5.41) is 12.3. The fraction of sp³-hybridized carbons (Fsp3) is 0. The Bertz CT molecular complexity index is 802. The normalized spacial score (nSPS) is 10.8. The van der Waals surface area contributed by atoms with Crippen LogP contribution in [0, 0.1) is 0 Å². The van der Waals surface area contributed by atoms with E-state index in [-0.39, 0.29) is 0 Å². The van der Waals surface area contributed by atoms with Crippen molar-refractivity contribution in [1.29, 1.82) is 0 Å². The summed E-state index contributed by atoms with van der Waals surface area (Å²) in [5.74, 6) is 0.520. The highest BCUT2D eigenvalue weighted by Crippen LogP contribution is 2.33. The molecule has 0 radical (unpaired) electrons. The van der Waals surface area contributed by atoms with Gasteiger partial charge in [-0.05, 0) is 56.7 Å². The van der Waals surface area contributed by atoms with E-state index in [4.69, 9.17) is 17.3 Å². The number of nitrogens with two attached hydrogens (primary N) is 1. The Kier molecular flexibility index (Phi) is 3.97. The molecule has 21 heavy (non-hydrogen) atoms. The Hall–Kier alpha value is -1.44. The van der Waals surface area contributed by atoms with Crippen molar-refractivity contribution < 1.29 is 0 Å². The van der Waals surface area contributed by atoms with Gasteiger partial charge in [-0.3, -0.25) is 0 Å². The van der Waals surface area contributed by atoms with Crippen molar-refractivity contribution in [1.82, 2.24) is 20.2 Å². The number of hydrogen-bond donors (Lipinski definition) is 1. The molecule has 0 saturated carbocycles. The standard InChI is InChI=1S/C13H8Br2ClN5/c14-7-4-5-9(15)11(6-7)21-13(18-19-20-21)8-2-1-3-10(17)12(8)16/h1-6H,17H2. The number of tetrazole rings is 1. The minimum absolute atomic E-state index is 0.430. The van der Waals surface area contributed by atoms with Crippen molar-refractivity contribution >= 4 is 49.1 Å². The van der Waals surface area contributed by atoms with Crippen molar-refractivity contribution in [3.63, 3.8) is 0 Å². The average molecular weight is 430 g/mol. The second-order valence-electron chi connectivity index (χ2n) is 4.22. The molecule has 0 fully saturated rings. The van der Waals surface area contributed by atoms with Gasteiger partial charge in [0.1, 0.15) is 0 Å². The molecule has 0 atom stereocenters. The smallest absolute Gasteiger partial charge is 0.188 e. The van der Waals surface area contributed by atoms with E-state index in [9.17, 15) is 0 Å². The topological polar surface area (TPSA) is 69.6 Å². The number of anilines is 1. The Balaban J connectivity index is 2.22. The van der Waals surface area contributed by atoms with E-state index in [0.717, 1.165) is 14.6 Å². The van der Waals surface area contributed by atoms with Crippen molar-refractivity contribution in [2.45, 2.75) is 0 Å². The summed E-state index contributed by atoms with van der Waals surface area (Å²) in [4.78, 5) is 0. The molecule has 2 aromatic carbocycles. The number of nitrogens with zero attached hydrogens (tertiary/aromatic N) is 4. The van der Waals surface area contributed by atoms with Crippen LogP contribution in [0.15, 0.2) is 45.3 Å². The molecule has 2 N–H and O–H groups in total. The van der Waals surface area contributed by atoms with Crippen LogP contribution in [0.1, 0.15) is 0 Å². The third-order valence-electron chi connectivity index (χ3n) is 2.88. The number of aromatic nitrogens is 4. The lowest BCUT2D eigenvalue weighted by Gasteiger charge is -2.09. The monoisotopic (exact) mass is 427 g/mol. The minimum atomic E-state index is 0.430. The molecule has 3 aromatic rings. The fourth-order valence-electron chi connectivity index (χ4n) is 1.89. The molecule has 0 aliphatic rings. The highest BCUT2D eigenvalue weighted by molar-refractivity contribution is 9.11. The van der Waals surface area contributed by atoms with Gasteiger partial charge in [-0.1, -0.05) is 33.6 Å². The summed E-state index contributed by atoms with van der Waals surface area (Å²) in [6.45, 7) is 0. The van der Waals surface area contributed by atoms with Crippen molar-refractivity contribution in [3.05, 3.63) is 50.4 Å². The highest BCUT2D eigenvalue weighted by atomic mass is 79.9. The molecule has 106 valence electrons. The van der Waals surface area contributed by atoms with Crippen LogP contribution in [0.3, 0.4) is 0 Å². The highest BCUT2D eigenvalue weighted by Gasteiger charge is 2.16. The van der Waals surface area contributed by atoms with Crippen LogP contribution in [-0.2, 0) is 0 Å². The van der Waals surface area contributed by atoms with E-state index in [1.54, 1.807) is 10.7 Å². The van der Waals surface area contributed by atoms with Crippen molar-refractivity contribution in [3.8, 4) is 17.1 Å². The molecule has 0 aliphatic carbocycles. The quantitative estimate of drug-likeness (QED) is 0.623. The second kappa shape index (κ2) is 5.75. The molecule has 0 aliphatic heterocycles. The Labute approximate surface area is 142 Å². The van der Waals surface area contributed by atoms with Gasteiger partial charge >= 0.3 is 0 Å². The zero-order valence-electron chi connectivity index (χ0n) is 10.5. The van der Waals surface area contributed by atoms with Gasteiger partial charge in [-0.15, -0.1) is 5.10 Å². The minimum Gasteiger partial charge on any atom is -0.398 e. The second-order valence-corrected chi connectivity index (χ2v) is 6.37. The molecule has 1 aromatic heterocycles. The Morgan fingerprint density at radius 2 is 1.95 bits per heavy atom. The van der Waals surface area contributed by atoms with Crippen LogP contribution in [0.4, 0.5) is 5.69 Å². The third kappa shape index (κ3) is 2.68. The summed E-state index contributed by atoms with van der Waals surface area (Å²) >= 11 is 13.2. The SMILES string of the molecule is Nc1cccc(-c2nnnn2-c2cc(Br)ccc2Br)c1Cl. The first kappa shape index (κ1) is 14.5. The first-order valence-corrected chi connectivity index (χ1v) is 7.82. The predicted octanol–water partition coefficient (Wildman–Crippen LogP) is 4.09. The number of rotatable bonds is 2. The molecule has 0 saturated heterocycles. The third-order valence-corrected chi connectivity index (χ3v) is 4.46. The van der Waals surface area contributed by atoms with Gasteiger partial charge in [0.05, 0.1) is 16.4 Å². The van der Waals surface area contributed by atoms with E-state index >= 15 is 0 Å². The van der Waals surface area contributed by atoms with Crippen LogP contribution in [0.25, 0.3) is 17.1 Å². The maximum atomic E-state index is 6.26. The van der Waals surface area contributed by atoms with Gasteiger partial charge in [0.15, 0.2) is 5.82 Å². The first-order chi connectivity index (χ1) is 10.1. The average Bonchev–Trinajstić information content (AvgIpc) is 2.93. The van der Waals surface area contributed by atoms with Gasteiger partial charge in [-0.2, -0.15) is 4.68 Å². The van der Waals surface area contributed by atoms with E-state index < -0.39 is 0 Å². The van der Waals surface area contributed by atoms with Crippen molar-refractivity contribution in [2.24, 2.45) is 0 Å². The lowest BCUT2D eigenvalue weighted by Crippen LogP contribution is -2.02. The molecule has 8 heteroatoms. The molecular weight excluding hydrogens is 421 g/mol. The van der Waals surface area contributed by atoms with Gasteiger partial charge in [-0.25, -0.2) is 0 Å². The Morgan fingerprint density at radius 3 is 2.76 bits per heavy atom. The zero-order valence-corrected chi connectivity index (χ0v) is 14.4. The lowest BCUT2D eigenvalue weighted by molar-refractivity contribution is 0.788. The van der Waals surface area contributed by atoms with E-state index in [1.807, 2.05) is 30.3 Å². The number of hydrogen-bond acceptors (Lipinski definition) is 4. The lowest BCUT2D eigenvalue weighted by atomic mass is 10.2. The largest absolute Gasteiger partial charge is 0.398 e. The molecular formula is C13H8Br2ClN5. The summed E-state index contributed by atoms with van der Waals surface area (Å²) in [6.07, 6.45) is 0. The first-order valence-electron chi connectivity index (χ1n) is 5.86. The maximum absolute atomic E-state index is 6.26. The Morgan fingerprint density at radius 1 is 1.14 bits per heavy atom. The molecule has 3 rings (SSSR count). The summed E-state index contributed by atoms with van der Waals surface area (Å²) < 4.78 is 3.38. The van der Waals surface area contributed by atoms with E-state index in [2.05, 4.69) is 47.4 Å². The van der Waals surface area contributed by atoms with Crippen LogP contribution in [-0.4, -0.2) is 20.2 Å². The molecule has 1 heterocycles. The maximum Gasteiger partial charge on any atom is 0.188 e. The van der Waals surface area contributed by atoms with Crippen LogP contribution >= 0.6 is 43.5 Å². The summed E-state index contributed by atoms with van der Waals surface area (Å²) in [6, 6.07) is 11.1.